The van der Waals surface area contributed by atoms with Gasteiger partial charge in [-0.2, -0.15) is 0 Å². The Balaban J connectivity index is 0.00000169. The van der Waals surface area contributed by atoms with Crippen LogP contribution < -0.4 is 15.4 Å². The molecule has 142 valence electrons. The SMILES string of the molecule is CC1CNCCC1NC(=O)c1cccc(OCc2cccnc2)c1.Cl.Cl. The molecule has 1 aliphatic rings. The molecule has 3 rings (SSSR count). The van der Waals surface area contributed by atoms with Gasteiger partial charge in [0, 0.05) is 29.6 Å². The van der Waals surface area contributed by atoms with Crippen molar-refractivity contribution >= 4 is 30.7 Å². The van der Waals surface area contributed by atoms with E-state index >= 15 is 0 Å². The van der Waals surface area contributed by atoms with E-state index in [1.807, 2.05) is 30.3 Å². The van der Waals surface area contributed by atoms with E-state index in [0.29, 0.717) is 23.8 Å². The van der Waals surface area contributed by atoms with E-state index in [1.165, 1.54) is 0 Å². The fraction of sp³-hybridized carbons (Fsp3) is 0.368. The molecule has 2 aromatic rings. The number of ether oxygens (including phenoxy) is 1. The van der Waals surface area contributed by atoms with Crippen LogP contribution >= 0.6 is 24.8 Å². The number of hydrogen-bond acceptors (Lipinski definition) is 4. The monoisotopic (exact) mass is 397 g/mol. The number of pyridine rings is 1. The quantitative estimate of drug-likeness (QED) is 0.812. The van der Waals surface area contributed by atoms with Crippen LogP contribution in [-0.2, 0) is 6.61 Å². The summed E-state index contributed by atoms with van der Waals surface area (Å²) in [4.78, 5) is 16.6. The zero-order valence-corrected chi connectivity index (χ0v) is 16.3. The second-order valence-corrected chi connectivity index (χ2v) is 6.23. The van der Waals surface area contributed by atoms with E-state index in [9.17, 15) is 4.79 Å². The number of nitrogens with zero attached hydrogens (tertiary/aromatic N) is 1. The lowest BCUT2D eigenvalue weighted by molar-refractivity contribution is 0.0913. The minimum absolute atomic E-state index is 0. The second-order valence-electron chi connectivity index (χ2n) is 6.23. The predicted molar refractivity (Wildman–Crippen MR) is 107 cm³/mol. The van der Waals surface area contributed by atoms with Crippen molar-refractivity contribution in [3.05, 3.63) is 59.9 Å². The van der Waals surface area contributed by atoms with Crippen molar-refractivity contribution in [3.63, 3.8) is 0 Å². The molecular weight excluding hydrogens is 373 g/mol. The summed E-state index contributed by atoms with van der Waals surface area (Å²) in [6.45, 7) is 4.48. The van der Waals surface area contributed by atoms with Gasteiger partial charge in [-0.15, -0.1) is 24.8 Å². The molecule has 26 heavy (non-hydrogen) atoms. The number of rotatable bonds is 5. The molecule has 7 heteroatoms. The summed E-state index contributed by atoms with van der Waals surface area (Å²) < 4.78 is 5.76. The Bertz CT molecular complexity index is 685. The number of amides is 1. The van der Waals surface area contributed by atoms with Crippen molar-refractivity contribution in [3.8, 4) is 5.75 Å². The van der Waals surface area contributed by atoms with Gasteiger partial charge in [0.05, 0.1) is 0 Å². The van der Waals surface area contributed by atoms with Gasteiger partial charge in [-0.25, -0.2) is 0 Å². The number of benzene rings is 1. The van der Waals surface area contributed by atoms with E-state index in [1.54, 1.807) is 18.5 Å². The topological polar surface area (TPSA) is 63.2 Å². The first kappa shape index (κ1) is 22.2. The number of halogens is 2. The fourth-order valence-electron chi connectivity index (χ4n) is 2.86. The number of aromatic nitrogens is 1. The molecule has 0 aliphatic carbocycles. The van der Waals surface area contributed by atoms with Crippen LogP contribution in [-0.4, -0.2) is 30.0 Å². The Morgan fingerprint density at radius 3 is 2.88 bits per heavy atom. The van der Waals surface area contributed by atoms with Crippen molar-refractivity contribution in [2.24, 2.45) is 5.92 Å². The maximum atomic E-state index is 12.5. The molecule has 1 saturated heterocycles. The van der Waals surface area contributed by atoms with Crippen LogP contribution in [0.2, 0.25) is 0 Å². The van der Waals surface area contributed by atoms with Gasteiger partial charge < -0.3 is 15.4 Å². The number of carbonyl (C=O) groups excluding carboxylic acids is 1. The van der Waals surface area contributed by atoms with Crippen molar-refractivity contribution < 1.29 is 9.53 Å². The molecule has 2 atom stereocenters. The van der Waals surface area contributed by atoms with Crippen LogP contribution in [0.15, 0.2) is 48.8 Å². The minimum Gasteiger partial charge on any atom is -0.489 e. The Labute approximate surface area is 166 Å². The van der Waals surface area contributed by atoms with Gasteiger partial charge in [-0.1, -0.05) is 19.1 Å². The van der Waals surface area contributed by atoms with Crippen LogP contribution in [0.1, 0.15) is 29.3 Å². The summed E-state index contributed by atoms with van der Waals surface area (Å²) in [6.07, 6.45) is 4.47. The summed E-state index contributed by atoms with van der Waals surface area (Å²) in [5.41, 5.74) is 1.63. The van der Waals surface area contributed by atoms with E-state index in [4.69, 9.17) is 4.74 Å². The molecule has 0 radical (unpaired) electrons. The first-order valence-electron chi connectivity index (χ1n) is 8.36. The third-order valence-electron chi connectivity index (χ3n) is 4.33. The van der Waals surface area contributed by atoms with Crippen LogP contribution in [0.25, 0.3) is 0 Å². The average Bonchev–Trinajstić information content (AvgIpc) is 2.63. The molecule has 1 fully saturated rings. The summed E-state index contributed by atoms with van der Waals surface area (Å²) in [6, 6.07) is 11.4. The van der Waals surface area contributed by atoms with Gasteiger partial charge in [0.1, 0.15) is 12.4 Å². The van der Waals surface area contributed by atoms with Gasteiger partial charge in [0.2, 0.25) is 0 Å². The first-order chi connectivity index (χ1) is 11.7. The zero-order valence-electron chi connectivity index (χ0n) is 14.7. The van der Waals surface area contributed by atoms with Crippen molar-refractivity contribution in [2.75, 3.05) is 13.1 Å². The van der Waals surface area contributed by atoms with Crippen molar-refractivity contribution in [1.29, 1.82) is 0 Å². The highest BCUT2D eigenvalue weighted by molar-refractivity contribution is 5.94. The number of hydrogen-bond donors (Lipinski definition) is 2. The largest absolute Gasteiger partial charge is 0.489 e. The molecule has 1 aliphatic heterocycles. The highest BCUT2D eigenvalue weighted by Crippen LogP contribution is 2.16. The molecule has 2 N–H and O–H groups in total. The van der Waals surface area contributed by atoms with Crippen LogP contribution in [0, 0.1) is 5.92 Å². The van der Waals surface area contributed by atoms with Gasteiger partial charge in [0.25, 0.3) is 5.91 Å². The molecular formula is C19H25Cl2N3O2. The van der Waals surface area contributed by atoms with E-state index in [2.05, 4.69) is 22.5 Å². The van der Waals surface area contributed by atoms with Crippen molar-refractivity contribution in [1.82, 2.24) is 15.6 Å². The standard InChI is InChI=1S/C19H23N3O2.2ClH/c1-14-11-21-9-7-18(14)22-19(23)16-5-2-6-17(10-16)24-13-15-4-3-8-20-12-15;;/h2-6,8,10,12,14,18,21H,7,9,11,13H2,1H3,(H,22,23);2*1H. The lowest BCUT2D eigenvalue weighted by Crippen LogP contribution is -2.48. The van der Waals surface area contributed by atoms with Gasteiger partial charge in [0.15, 0.2) is 0 Å². The van der Waals surface area contributed by atoms with Crippen LogP contribution in [0.5, 0.6) is 5.75 Å². The second kappa shape index (κ2) is 11.0. The van der Waals surface area contributed by atoms with Crippen molar-refractivity contribution in [2.45, 2.75) is 26.0 Å². The molecule has 1 aromatic heterocycles. The Kier molecular flexibility index (Phi) is 9.41. The van der Waals surface area contributed by atoms with Crippen LogP contribution in [0.4, 0.5) is 0 Å². The predicted octanol–water partition coefficient (Wildman–Crippen LogP) is 3.23. The number of carbonyl (C=O) groups is 1. The summed E-state index contributed by atoms with van der Waals surface area (Å²) in [5, 5.41) is 6.48. The lowest BCUT2D eigenvalue weighted by Gasteiger charge is -2.30. The summed E-state index contributed by atoms with van der Waals surface area (Å²) >= 11 is 0. The average molecular weight is 398 g/mol. The third kappa shape index (κ3) is 6.16. The number of nitrogens with one attached hydrogen (secondary N) is 2. The fourth-order valence-corrected chi connectivity index (χ4v) is 2.86. The molecule has 1 amide bonds. The Morgan fingerprint density at radius 1 is 1.31 bits per heavy atom. The molecule has 2 unspecified atom stereocenters. The maximum absolute atomic E-state index is 12.5. The molecule has 0 saturated carbocycles. The maximum Gasteiger partial charge on any atom is 0.251 e. The molecule has 5 nitrogen and oxygen atoms in total. The minimum atomic E-state index is -0.0411. The molecule has 2 heterocycles. The Morgan fingerprint density at radius 2 is 2.15 bits per heavy atom. The van der Waals surface area contributed by atoms with E-state index in [0.717, 1.165) is 25.1 Å². The van der Waals surface area contributed by atoms with Gasteiger partial charge in [-0.3, -0.25) is 9.78 Å². The van der Waals surface area contributed by atoms with Gasteiger partial charge >= 0.3 is 0 Å². The van der Waals surface area contributed by atoms with E-state index in [-0.39, 0.29) is 36.8 Å². The van der Waals surface area contributed by atoms with E-state index < -0.39 is 0 Å². The van der Waals surface area contributed by atoms with Crippen LogP contribution in [0.3, 0.4) is 0 Å². The molecule has 0 spiro atoms. The highest BCUT2D eigenvalue weighted by atomic mass is 35.5. The molecule has 0 bridgehead atoms. The van der Waals surface area contributed by atoms with Gasteiger partial charge in [-0.05, 0) is 49.7 Å². The number of piperidine rings is 1. The summed E-state index contributed by atoms with van der Waals surface area (Å²) in [7, 11) is 0. The smallest absolute Gasteiger partial charge is 0.251 e. The third-order valence-corrected chi connectivity index (χ3v) is 4.33. The lowest BCUT2D eigenvalue weighted by atomic mass is 9.95. The highest BCUT2D eigenvalue weighted by Gasteiger charge is 2.23. The zero-order chi connectivity index (χ0) is 16.8. The first-order valence-corrected chi connectivity index (χ1v) is 8.36. The molecule has 1 aromatic carbocycles. The Hall–Kier alpha value is -1.82. The summed E-state index contributed by atoms with van der Waals surface area (Å²) in [5.74, 6) is 1.08. The normalized spacial score (nSPS) is 18.8.